The van der Waals surface area contributed by atoms with Crippen molar-refractivity contribution in [3.05, 3.63) is 41.5 Å². The molecular weight excluding hydrogens is 224 g/mol. The minimum Gasteiger partial charge on any atom is -0.497 e. The number of allylic oxidation sites excluding steroid dienone is 1. The van der Waals surface area contributed by atoms with Crippen molar-refractivity contribution in [1.29, 1.82) is 0 Å². The lowest BCUT2D eigenvalue weighted by Crippen LogP contribution is -2.24. The van der Waals surface area contributed by atoms with Gasteiger partial charge in [0.15, 0.2) is 0 Å². The molecule has 0 bridgehead atoms. The molecule has 2 nitrogen and oxygen atoms in total. The van der Waals surface area contributed by atoms with Crippen molar-refractivity contribution in [1.82, 2.24) is 0 Å². The van der Waals surface area contributed by atoms with Crippen molar-refractivity contribution in [2.75, 3.05) is 20.3 Å². The second kappa shape index (κ2) is 4.77. The average molecular weight is 244 g/mol. The number of fused-ring (bicyclic) bond motifs is 1. The van der Waals surface area contributed by atoms with Crippen molar-refractivity contribution in [3.8, 4) is 5.75 Å². The third kappa shape index (κ3) is 2.05. The van der Waals surface area contributed by atoms with Crippen molar-refractivity contribution in [3.63, 3.8) is 0 Å². The van der Waals surface area contributed by atoms with E-state index in [9.17, 15) is 0 Å². The minimum atomic E-state index is 0.605. The van der Waals surface area contributed by atoms with Crippen molar-refractivity contribution in [2.24, 2.45) is 11.8 Å². The topological polar surface area (TPSA) is 18.5 Å². The van der Waals surface area contributed by atoms with Crippen LogP contribution >= 0.6 is 0 Å². The zero-order chi connectivity index (χ0) is 12.5. The summed E-state index contributed by atoms with van der Waals surface area (Å²) in [4.78, 5) is 0. The molecule has 1 aliphatic heterocycles. The Morgan fingerprint density at radius 1 is 1.17 bits per heavy atom. The van der Waals surface area contributed by atoms with E-state index in [0.717, 1.165) is 25.4 Å². The van der Waals surface area contributed by atoms with Crippen LogP contribution in [-0.4, -0.2) is 20.3 Å². The molecule has 96 valence electrons. The highest BCUT2D eigenvalue weighted by atomic mass is 16.5. The third-order valence-electron chi connectivity index (χ3n) is 4.27. The van der Waals surface area contributed by atoms with Crippen LogP contribution in [0.15, 0.2) is 35.9 Å². The summed E-state index contributed by atoms with van der Waals surface area (Å²) in [5.41, 5.74) is 2.92. The molecule has 18 heavy (non-hydrogen) atoms. The van der Waals surface area contributed by atoms with Crippen molar-refractivity contribution in [2.45, 2.75) is 19.3 Å². The Hall–Kier alpha value is -1.28. The van der Waals surface area contributed by atoms with Crippen LogP contribution in [0.3, 0.4) is 0 Å². The van der Waals surface area contributed by atoms with Gasteiger partial charge in [0, 0.05) is 5.92 Å². The van der Waals surface area contributed by atoms with Gasteiger partial charge in [-0.15, -0.1) is 0 Å². The first-order valence-corrected chi connectivity index (χ1v) is 6.67. The quantitative estimate of drug-likeness (QED) is 0.742. The summed E-state index contributed by atoms with van der Waals surface area (Å²) in [6.45, 7) is 4.05. The van der Waals surface area contributed by atoms with Gasteiger partial charge in [0.1, 0.15) is 5.75 Å². The first-order valence-electron chi connectivity index (χ1n) is 6.67. The molecule has 0 unspecified atom stereocenters. The molecule has 1 fully saturated rings. The van der Waals surface area contributed by atoms with Crippen molar-refractivity contribution >= 4 is 0 Å². The van der Waals surface area contributed by atoms with Gasteiger partial charge < -0.3 is 9.47 Å². The van der Waals surface area contributed by atoms with Crippen LogP contribution < -0.4 is 4.74 Å². The maximum atomic E-state index is 5.67. The van der Waals surface area contributed by atoms with Gasteiger partial charge in [0.25, 0.3) is 0 Å². The Labute approximate surface area is 109 Å². The molecule has 0 radical (unpaired) electrons. The van der Waals surface area contributed by atoms with E-state index in [4.69, 9.17) is 9.47 Å². The molecule has 0 amide bonds. The standard InChI is InChI=1S/C16H20O2/c1-11-7-13-9-18-10-16(13)15(8-11)12-3-5-14(17-2)6-4-12/h3-7,13,15-16H,8-10H2,1-2H3/t13-,15+,16-/m0/s1. The summed E-state index contributed by atoms with van der Waals surface area (Å²) in [7, 11) is 1.71. The normalized spacial score (nSPS) is 30.8. The summed E-state index contributed by atoms with van der Waals surface area (Å²) >= 11 is 0. The zero-order valence-corrected chi connectivity index (χ0v) is 11.1. The Morgan fingerprint density at radius 3 is 2.67 bits per heavy atom. The SMILES string of the molecule is COc1ccc([C@H]2CC(C)=C[C@H]3COC[C@H]23)cc1. The molecule has 1 aromatic rings. The van der Waals surface area contributed by atoms with Crippen LogP contribution in [0, 0.1) is 11.8 Å². The smallest absolute Gasteiger partial charge is 0.118 e. The van der Waals surface area contributed by atoms with Gasteiger partial charge in [-0.05, 0) is 42.9 Å². The number of rotatable bonds is 2. The molecule has 0 N–H and O–H groups in total. The van der Waals surface area contributed by atoms with Gasteiger partial charge in [-0.25, -0.2) is 0 Å². The molecule has 2 aliphatic rings. The molecule has 3 rings (SSSR count). The van der Waals surface area contributed by atoms with Gasteiger partial charge in [0.2, 0.25) is 0 Å². The average Bonchev–Trinajstić information content (AvgIpc) is 2.86. The Kier molecular flexibility index (Phi) is 3.13. The van der Waals surface area contributed by atoms with E-state index >= 15 is 0 Å². The Balaban J connectivity index is 1.88. The van der Waals surface area contributed by atoms with Crippen LogP contribution in [0.1, 0.15) is 24.8 Å². The highest BCUT2D eigenvalue weighted by Crippen LogP contribution is 2.43. The zero-order valence-electron chi connectivity index (χ0n) is 11.1. The van der Waals surface area contributed by atoms with Crippen LogP contribution in [0.4, 0.5) is 0 Å². The number of hydrogen-bond acceptors (Lipinski definition) is 2. The Bertz CT molecular complexity index is 447. The number of methoxy groups -OCH3 is 1. The van der Waals surface area contributed by atoms with E-state index in [0.29, 0.717) is 17.8 Å². The predicted molar refractivity (Wildman–Crippen MR) is 71.9 cm³/mol. The fourth-order valence-electron chi connectivity index (χ4n) is 3.32. The van der Waals surface area contributed by atoms with Gasteiger partial charge in [-0.3, -0.25) is 0 Å². The molecule has 0 aromatic heterocycles. The fourth-order valence-corrected chi connectivity index (χ4v) is 3.32. The van der Waals surface area contributed by atoms with E-state index in [-0.39, 0.29) is 0 Å². The first-order chi connectivity index (χ1) is 8.78. The summed E-state index contributed by atoms with van der Waals surface area (Å²) in [5, 5.41) is 0. The van der Waals surface area contributed by atoms with Crippen LogP contribution in [0.2, 0.25) is 0 Å². The molecule has 1 saturated heterocycles. The number of ether oxygens (including phenoxy) is 2. The molecule has 0 saturated carbocycles. The molecular formula is C16H20O2. The Morgan fingerprint density at radius 2 is 1.94 bits per heavy atom. The van der Waals surface area contributed by atoms with Crippen LogP contribution in [0.25, 0.3) is 0 Å². The fraction of sp³-hybridized carbons (Fsp3) is 0.500. The van der Waals surface area contributed by atoms with Gasteiger partial charge >= 0.3 is 0 Å². The monoisotopic (exact) mass is 244 g/mol. The number of benzene rings is 1. The van der Waals surface area contributed by atoms with E-state index in [1.54, 1.807) is 7.11 Å². The summed E-state index contributed by atoms with van der Waals surface area (Å²) < 4.78 is 10.9. The van der Waals surface area contributed by atoms with Gasteiger partial charge in [-0.1, -0.05) is 23.8 Å². The van der Waals surface area contributed by atoms with E-state index in [2.05, 4.69) is 37.3 Å². The van der Waals surface area contributed by atoms with Gasteiger partial charge in [-0.2, -0.15) is 0 Å². The molecule has 0 spiro atoms. The predicted octanol–water partition coefficient (Wildman–Crippen LogP) is 3.39. The maximum absolute atomic E-state index is 5.67. The second-order valence-corrected chi connectivity index (χ2v) is 5.46. The first kappa shape index (κ1) is 11.8. The summed E-state index contributed by atoms with van der Waals surface area (Å²) in [6, 6.07) is 8.54. The maximum Gasteiger partial charge on any atom is 0.118 e. The molecule has 1 aromatic carbocycles. The van der Waals surface area contributed by atoms with E-state index < -0.39 is 0 Å². The van der Waals surface area contributed by atoms with E-state index in [1.165, 1.54) is 11.1 Å². The molecule has 1 heterocycles. The minimum absolute atomic E-state index is 0.605. The van der Waals surface area contributed by atoms with Gasteiger partial charge in [0.05, 0.1) is 20.3 Å². The van der Waals surface area contributed by atoms with Crippen LogP contribution in [-0.2, 0) is 4.74 Å². The molecule has 2 heteroatoms. The summed E-state index contributed by atoms with van der Waals surface area (Å²) in [6.07, 6.45) is 3.58. The largest absolute Gasteiger partial charge is 0.497 e. The van der Waals surface area contributed by atoms with Crippen molar-refractivity contribution < 1.29 is 9.47 Å². The molecule has 3 atom stereocenters. The lowest BCUT2D eigenvalue weighted by molar-refractivity contribution is 0.179. The van der Waals surface area contributed by atoms with E-state index in [1.807, 2.05) is 0 Å². The van der Waals surface area contributed by atoms with Crippen LogP contribution in [0.5, 0.6) is 5.75 Å². The lowest BCUT2D eigenvalue weighted by atomic mass is 9.72. The molecule has 1 aliphatic carbocycles. The highest BCUT2D eigenvalue weighted by Gasteiger charge is 2.37. The third-order valence-corrected chi connectivity index (χ3v) is 4.27. The summed E-state index contributed by atoms with van der Waals surface area (Å²) in [5.74, 6) is 2.81. The second-order valence-electron chi connectivity index (χ2n) is 5.46. The lowest BCUT2D eigenvalue weighted by Gasteiger charge is -2.31. The number of hydrogen-bond donors (Lipinski definition) is 0. The highest BCUT2D eigenvalue weighted by molar-refractivity contribution is 5.32.